The first-order valence-electron chi connectivity index (χ1n) is 8.31. The Hall–Kier alpha value is -3.04. The number of carbonyl (C=O) groups is 1. The quantitative estimate of drug-likeness (QED) is 0.518. The topological polar surface area (TPSA) is 41.7 Å². The molecule has 0 aliphatic heterocycles. The van der Waals surface area contributed by atoms with Crippen molar-refractivity contribution < 1.29 is 9.90 Å². The number of carboxylic acids is 1. The summed E-state index contributed by atoms with van der Waals surface area (Å²) in [6.45, 7) is 0. The molecule has 0 amide bonds. The molecular formula is C22H16ClNO2. The number of aromatic nitrogens is 1. The highest BCUT2D eigenvalue weighted by atomic mass is 35.5. The Balaban J connectivity index is 2.05. The SMILES string of the molecule is O=C(O)c1c(Cc2ccccc2Cl)c(-c2ccccc2)n2ccccc12. The molecule has 4 heteroatoms. The third-order valence-electron chi connectivity index (χ3n) is 4.53. The number of aromatic carboxylic acids is 1. The number of fused-ring (bicyclic) bond motifs is 1. The van der Waals surface area contributed by atoms with Crippen molar-refractivity contribution >= 4 is 23.1 Å². The molecule has 0 bridgehead atoms. The molecule has 0 aliphatic rings. The van der Waals surface area contributed by atoms with Crippen molar-refractivity contribution in [1.29, 1.82) is 0 Å². The van der Waals surface area contributed by atoms with Crippen LogP contribution >= 0.6 is 11.6 Å². The van der Waals surface area contributed by atoms with Gasteiger partial charge in [-0.05, 0) is 34.9 Å². The van der Waals surface area contributed by atoms with Gasteiger partial charge in [0.1, 0.15) is 0 Å². The zero-order valence-electron chi connectivity index (χ0n) is 13.9. The minimum absolute atomic E-state index is 0.323. The molecule has 3 nitrogen and oxygen atoms in total. The zero-order chi connectivity index (χ0) is 18.1. The highest BCUT2D eigenvalue weighted by Gasteiger charge is 2.24. The van der Waals surface area contributed by atoms with Gasteiger partial charge < -0.3 is 9.51 Å². The third kappa shape index (κ3) is 2.76. The Morgan fingerprint density at radius 1 is 0.923 bits per heavy atom. The Bertz CT molecular complexity index is 1100. The molecule has 1 N–H and O–H groups in total. The molecule has 128 valence electrons. The molecule has 2 aromatic carbocycles. The van der Waals surface area contributed by atoms with Gasteiger partial charge in [-0.15, -0.1) is 0 Å². The summed E-state index contributed by atoms with van der Waals surface area (Å²) in [6, 6.07) is 23.0. The van der Waals surface area contributed by atoms with Crippen molar-refractivity contribution in [3.05, 3.63) is 101 Å². The highest BCUT2D eigenvalue weighted by molar-refractivity contribution is 6.31. The van der Waals surface area contributed by atoms with E-state index in [0.717, 1.165) is 22.4 Å². The summed E-state index contributed by atoms with van der Waals surface area (Å²) < 4.78 is 1.95. The normalized spacial score (nSPS) is 11.0. The smallest absolute Gasteiger partial charge is 0.338 e. The van der Waals surface area contributed by atoms with Gasteiger partial charge in [-0.3, -0.25) is 0 Å². The van der Waals surface area contributed by atoms with Crippen LogP contribution in [0.1, 0.15) is 21.5 Å². The monoisotopic (exact) mass is 361 g/mol. The molecule has 2 heterocycles. The average Bonchev–Trinajstić information content (AvgIpc) is 2.98. The summed E-state index contributed by atoms with van der Waals surface area (Å²) >= 11 is 6.35. The summed E-state index contributed by atoms with van der Waals surface area (Å²) in [5.74, 6) is -0.932. The molecule has 0 atom stereocenters. The molecule has 0 aliphatic carbocycles. The predicted octanol–water partition coefficient (Wildman–Crippen LogP) is 5.55. The lowest BCUT2D eigenvalue weighted by Gasteiger charge is -2.09. The van der Waals surface area contributed by atoms with Crippen LogP contribution in [0.4, 0.5) is 0 Å². The van der Waals surface area contributed by atoms with E-state index >= 15 is 0 Å². The molecule has 26 heavy (non-hydrogen) atoms. The molecule has 0 fully saturated rings. The van der Waals surface area contributed by atoms with Gasteiger partial charge in [0.05, 0.1) is 16.8 Å². The predicted molar refractivity (Wildman–Crippen MR) is 104 cm³/mol. The largest absolute Gasteiger partial charge is 0.478 e. The molecular weight excluding hydrogens is 346 g/mol. The maximum Gasteiger partial charge on any atom is 0.338 e. The van der Waals surface area contributed by atoms with Crippen LogP contribution in [-0.4, -0.2) is 15.5 Å². The average molecular weight is 362 g/mol. The van der Waals surface area contributed by atoms with Gasteiger partial charge in [0.2, 0.25) is 0 Å². The number of hydrogen-bond donors (Lipinski definition) is 1. The Morgan fingerprint density at radius 2 is 1.62 bits per heavy atom. The van der Waals surface area contributed by atoms with Crippen LogP contribution in [0.5, 0.6) is 0 Å². The fourth-order valence-electron chi connectivity index (χ4n) is 3.41. The molecule has 0 saturated heterocycles. The number of pyridine rings is 1. The van der Waals surface area contributed by atoms with Gasteiger partial charge in [0.15, 0.2) is 0 Å². The lowest BCUT2D eigenvalue weighted by molar-refractivity contribution is 0.0698. The van der Waals surface area contributed by atoms with Crippen molar-refractivity contribution in [3.63, 3.8) is 0 Å². The molecule has 2 aromatic heterocycles. The van der Waals surface area contributed by atoms with Crippen molar-refractivity contribution in [3.8, 4) is 11.3 Å². The van der Waals surface area contributed by atoms with E-state index in [1.807, 2.05) is 83.4 Å². The van der Waals surface area contributed by atoms with Gasteiger partial charge in [-0.25, -0.2) is 4.79 Å². The molecule has 0 saturated carbocycles. The number of halogens is 1. The van der Waals surface area contributed by atoms with Crippen LogP contribution in [-0.2, 0) is 6.42 Å². The van der Waals surface area contributed by atoms with E-state index in [1.54, 1.807) is 0 Å². The standard InChI is InChI=1S/C22H16ClNO2/c23-18-11-5-4-10-16(18)14-17-20(22(25)26)19-12-6-7-13-24(19)21(17)15-8-2-1-3-9-15/h1-13H,14H2,(H,25,26). The summed E-state index contributed by atoms with van der Waals surface area (Å²) in [7, 11) is 0. The molecule has 4 rings (SSSR count). The first-order chi connectivity index (χ1) is 12.7. The molecule has 0 unspecified atom stereocenters. The minimum atomic E-state index is -0.932. The van der Waals surface area contributed by atoms with Crippen LogP contribution < -0.4 is 0 Å². The maximum atomic E-state index is 12.1. The van der Waals surface area contributed by atoms with E-state index in [2.05, 4.69) is 0 Å². The van der Waals surface area contributed by atoms with Gasteiger partial charge in [-0.2, -0.15) is 0 Å². The van der Waals surface area contributed by atoms with E-state index < -0.39 is 5.97 Å². The van der Waals surface area contributed by atoms with Gasteiger partial charge in [0, 0.05) is 17.6 Å². The first kappa shape index (κ1) is 16.4. The van der Waals surface area contributed by atoms with Crippen LogP contribution in [0.3, 0.4) is 0 Å². The van der Waals surface area contributed by atoms with Gasteiger partial charge in [0.25, 0.3) is 0 Å². The van der Waals surface area contributed by atoms with E-state index in [-0.39, 0.29) is 0 Å². The fourth-order valence-corrected chi connectivity index (χ4v) is 3.62. The number of rotatable bonds is 4. The summed E-state index contributed by atoms with van der Waals surface area (Å²) in [6.07, 6.45) is 2.35. The Kier molecular flexibility index (Phi) is 4.23. The van der Waals surface area contributed by atoms with Gasteiger partial charge in [-0.1, -0.05) is 66.2 Å². The summed E-state index contributed by atoms with van der Waals surface area (Å²) in [4.78, 5) is 12.1. The minimum Gasteiger partial charge on any atom is -0.478 e. The van der Waals surface area contributed by atoms with Gasteiger partial charge >= 0.3 is 5.97 Å². The van der Waals surface area contributed by atoms with Crippen molar-refractivity contribution in [1.82, 2.24) is 4.40 Å². The lowest BCUT2D eigenvalue weighted by atomic mass is 9.97. The first-order valence-corrected chi connectivity index (χ1v) is 8.68. The van der Waals surface area contributed by atoms with E-state index in [1.165, 1.54) is 0 Å². The fraction of sp³-hybridized carbons (Fsp3) is 0.0455. The Labute approximate surface area is 156 Å². The second-order valence-electron chi connectivity index (χ2n) is 6.10. The third-order valence-corrected chi connectivity index (χ3v) is 4.90. The van der Waals surface area contributed by atoms with Crippen molar-refractivity contribution in [2.75, 3.05) is 0 Å². The summed E-state index contributed by atoms with van der Waals surface area (Å²) in [5, 5.41) is 10.6. The number of hydrogen-bond acceptors (Lipinski definition) is 1. The molecule has 0 radical (unpaired) electrons. The summed E-state index contributed by atoms with van der Waals surface area (Å²) in [5.41, 5.74) is 4.54. The van der Waals surface area contributed by atoms with Crippen molar-refractivity contribution in [2.24, 2.45) is 0 Å². The number of benzene rings is 2. The second kappa shape index (κ2) is 6.70. The highest BCUT2D eigenvalue weighted by Crippen LogP contribution is 2.34. The Morgan fingerprint density at radius 3 is 2.35 bits per heavy atom. The molecule has 4 aromatic rings. The van der Waals surface area contributed by atoms with Crippen LogP contribution in [0.15, 0.2) is 79.0 Å². The van der Waals surface area contributed by atoms with E-state index in [9.17, 15) is 9.90 Å². The second-order valence-corrected chi connectivity index (χ2v) is 6.50. The number of carboxylic acid groups (broad SMARTS) is 1. The van der Waals surface area contributed by atoms with E-state index in [4.69, 9.17) is 11.6 Å². The lowest BCUT2D eigenvalue weighted by Crippen LogP contribution is -2.02. The van der Waals surface area contributed by atoms with E-state index in [0.29, 0.717) is 22.5 Å². The van der Waals surface area contributed by atoms with Crippen LogP contribution in [0.25, 0.3) is 16.8 Å². The van der Waals surface area contributed by atoms with Crippen LogP contribution in [0, 0.1) is 0 Å². The molecule has 0 spiro atoms. The van der Waals surface area contributed by atoms with Crippen molar-refractivity contribution in [2.45, 2.75) is 6.42 Å². The zero-order valence-corrected chi connectivity index (χ0v) is 14.6. The maximum absolute atomic E-state index is 12.1. The number of nitrogens with zero attached hydrogens (tertiary/aromatic N) is 1. The van der Waals surface area contributed by atoms with Crippen LogP contribution in [0.2, 0.25) is 5.02 Å².